The molecule has 19 heavy (non-hydrogen) atoms. The predicted octanol–water partition coefficient (Wildman–Crippen LogP) is 3.47. The molecule has 2 rings (SSSR count). The number of nitrogens with zero attached hydrogens (tertiary/aromatic N) is 2. The van der Waals surface area contributed by atoms with Crippen LogP contribution in [0.1, 0.15) is 59.9 Å². The van der Waals surface area contributed by atoms with E-state index in [9.17, 15) is 0 Å². The monoisotopic (exact) mass is 270 g/mol. The van der Waals surface area contributed by atoms with Gasteiger partial charge in [-0.3, -0.25) is 4.90 Å². The number of hydrogen-bond acceptors (Lipinski definition) is 2. The van der Waals surface area contributed by atoms with Gasteiger partial charge < -0.3 is 4.90 Å². The summed E-state index contributed by atoms with van der Waals surface area (Å²) in [7, 11) is 0. The van der Waals surface area contributed by atoms with Crippen LogP contribution in [-0.4, -0.2) is 48.0 Å². The third-order valence-electron chi connectivity index (χ3n) is 4.44. The summed E-state index contributed by atoms with van der Waals surface area (Å²) in [6.07, 6.45) is 2.06. The summed E-state index contributed by atoms with van der Waals surface area (Å²) in [4.78, 5) is 3.95. The second-order valence-electron chi connectivity index (χ2n) is 8.27. The Labute approximate surface area is 126 Å². The molecule has 0 aliphatic carbocycles. The Morgan fingerprint density at radius 3 is 1.95 bits per heavy atom. The molecule has 2 fully saturated rings. The zero-order chi connectivity index (χ0) is 17.8. The minimum atomic E-state index is -1.55. The lowest BCUT2D eigenvalue weighted by molar-refractivity contribution is -0.00000237. The summed E-state index contributed by atoms with van der Waals surface area (Å²) in [5.41, 5.74) is -0.193. The molecule has 2 nitrogen and oxygen atoms in total. The Balaban J connectivity index is 2.00. The average molecular weight is 270 g/mol. The van der Waals surface area contributed by atoms with Crippen LogP contribution in [0.3, 0.4) is 0 Å². The highest BCUT2D eigenvalue weighted by Crippen LogP contribution is 2.35. The van der Waals surface area contributed by atoms with Gasteiger partial charge in [-0.25, -0.2) is 0 Å². The van der Waals surface area contributed by atoms with Crippen LogP contribution >= 0.6 is 0 Å². The van der Waals surface area contributed by atoms with Crippen LogP contribution in [0.4, 0.5) is 0 Å². The molecule has 0 aromatic carbocycles. The van der Waals surface area contributed by atoms with Crippen LogP contribution in [0.2, 0.25) is 0 Å². The summed E-state index contributed by atoms with van der Waals surface area (Å²) in [6, 6.07) is 0. The molecular formula is C17H34N2. The molecule has 2 aliphatic rings. The fourth-order valence-electron chi connectivity index (χ4n) is 2.85. The molecule has 2 heterocycles. The first-order valence-electron chi connectivity index (χ1n) is 9.71. The Hall–Kier alpha value is -0.0800. The van der Waals surface area contributed by atoms with E-state index in [1.807, 2.05) is 20.8 Å². The van der Waals surface area contributed by atoms with Crippen molar-refractivity contribution in [2.75, 3.05) is 32.6 Å². The number of hydrogen-bond donors (Lipinski definition) is 0. The lowest BCUT2D eigenvalue weighted by atomic mass is 9.75. The first-order chi connectivity index (χ1) is 10.2. The standard InChI is InChI=1S/C17H34N2/c1-16(2,3)15-12-18(13-15)11-14-7-9-19(10-8-14)17(4,5)6/h14-15H,7-13H2,1-6H3/i12D2,13D2. The fraction of sp³-hybridized carbons (Fsp3) is 1.00. The highest BCUT2D eigenvalue weighted by atomic mass is 15.2. The van der Waals surface area contributed by atoms with E-state index in [4.69, 9.17) is 5.48 Å². The van der Waals surface area contributed by atoms with Crippen molar-refractivity contribution in [3.8, 4) is 0 Å². The molecule has 2 heteroatoms. The van der Waals surface area contributed by atoms with Crippen molar-refractivity contribution in [1.82, 2.24) is 9.80 Å². The van der Waals surface area contributed by atoms with Crippen molar-refractivity contribution in [3.63, 3.8) is 0 Å². The maximum absolute atomic E-state index is 8.39. The molecule has 0 radical (unpaired) electrons. The summed E-state index contributed by atoms with van der Waals surface area (Å²) in [6.45, 7) is 12.0. The van der Waals surface area contributed by atoms with Crippen LogP contribution in [-0.2, 0) is 0 Å². The van der Waals surface area contributed by atoms with Gasteiger partial charge in [0, 0.05) is 30.6 Å². The molecule has 0 N–H and O–H groups in total. The lowest BCUT2D eigenvalue weighted by Gasteiger charge is -2.49. The van der Waals surface area contributed by atoms with Crippen molar-refractivity contribution >= 4 is 0 Å². The highest BCUT2D eigenvalue weighted by molar-refractivity contribution is 4.90. The van der Waals surface area contributed by atoms with Gasteiger partial charge in [0.25, 0.3) is 0 Å². The second-order valence-corrected chi connectivity index (χ2v) is 8.27. The summed E-state index contributed by atoms with van der Waals surface area (Å²) in [5, 5.41) is 0. The first-order valence-corrected chi connectivity index (χ1v) is 7.71. The van der Waals surface area contributed by atoms with Crippen molar-refractivity contribution in [3.05, 3.63) is 0 Å². The van der Waals surface area contributed by atoms with Crippen LogP contribution in [0.5, 0.6) is 0 Å². The number of piperidine rings is 1. The van der Waals surface area contributed by atoms with Gasteiger partial charge in [0.1, 0.15) is 0 Å². The van der Waals surface area contributed by atoms with Gasteiger partial charge in [0.05, 0.1) is 0 Å². The molecule has 0 unspecified atom stereocenters. The molecule has 0 amide bonds. The van der Waals surface area contributed by atoms with E-state index in [1.165, 1.54) is 4.90 Å². The summed E-state index contributed by atoms with van der Waals surface area (Å²) >= 11 is 0. The maximum atomic E-state index is 8.39. The second kappa shape index (κ2) is 5.37. The van der Waals surface area contributed by atoms with E-state index < -0.39 is 18.9 Å². The van der Waals surface area contributed by atoms with Crippen LogP contribution in [0, 0.1) is 17.3 Å². The molecule has 0 bridgehead atoms. The highest BCUT2D eigenvalue weighted by Gasteiger charge is 2.37. The van der Waals surface area contributed by atoms with E-state index >= 15 is 0 Å². The van der Waals surface area contributed by atoms with Gasteiger partial charge in [-0.05, 0) is 64.0 Å². The SMILES string of the molecule is [2H]C1([2H])C(C(C)(C)C)C([2H])([2H])N1CC1CCN(C(C)(C)C)CC1. The Bertz CT molecular complexity index is 413. The van der Waals surface area contributed by atoms with Gasteiger partial charge in [0.15, 0.2) is 0 Å². The minimum absolute atomic E-state index is 0.183. The summed E-state index contributed by atoms with van der Waals surface area (Å²) in [5.74, 6) is -0.197. The Morgan fingerprint density at radius 1 is 1.00 bits per heavy atom. The van der Waals surface area contributed by atoms with Crippen molar-refractivity contribution in [1.29, 1.82) is 0 Å². The van der Waals surface area contributed by atoms with E-state index in [0.717, 1.165) is 25.9 Å². The molecule has 0 atom stereocenters. The van der Waals surface area contributed by atoms with Crippen molar-refractivity contribution in [2.24, 2.45) is 17.3 Å². The van der Waals surface area contributed by atoms with Crippen molar-refractivity contribution in [2.45, 2.75) is 59.9 Å². The number of rotatable bonds is 2. The lowest BCUT2D eigenvalue weighted by Crippen LogP contribution is -2.54. The zero-order valence-electron chi connectivity index (χ0n) is 17.6. The van der Waals surface area contributed by atoms with Gasteiger partial charge >= 0.3 is 0 Å². The molecular weight excluding hydrogens is 232 g/mol. The molecule has 0 spiro atoms. The predicted molar refractivity (Wildman–Crippen MR) is 83.4 cm³/mol. The van der Waals surface area contributed by atoms with Crippen LogP contribution in [0.15, 0.2) is 0 Å². The maximum Gasteiger partial charge on any atom is 0.0434 e. The topological polar surface area (TPSA) is 6.48 Å². The zero-order valence-corrected chi connectivity index (χ0v) is 13.6. The van der Waals surface area contributed by atoms with E-state index in [1.54, 1.807) is 0 Å². The van der Waals surface area contributed by atoms with Gasteiger partial charge in [0.2, 0.25) is 0 Å². The molecule has 2 aliphatic heterocycles. The van der Waals surface area contributed by atoms with Crippen LogP contribution < -0.4 is 0 Å². The third-order valence-corrected chi connectivity index (χ3v) is 4.44. The minimum Gasteiger partial charge on any atom is -0.302 e. The quantitative estimate of drug-likeness (QED) is 0.758. The van der Waals surface area contributed by atoms with Gasteiger partial charge in [-0.1, -0.05) is 20.8 Å². The smallest absolute Gasteiger partial charge is 0.0434 e. The number of likely N-dealkylation sites (tertiary alicyclic amines) is 2. The third kappa shape index (κ3) is 3.95. The average Bonchev–Trinajstić information content (AvgIpc) is 2.32. The largest absolute Gasteiger partial charge is 0.302 e. The Kier molecular flexibility index (Phi) is 3.00. The molecule has 0 aromatic rings. The van der Waals surface area contributed by atoms with Gasteiger partial charge in [-0.2, -0.15) is 0 Å². The molecule has 2 saturated heterocycles. The first kappa shape index (κ1) is 10.6. The van der Waals surface area contributed by atoms with Crippen molar-refractivity contribution < 1.29 is 5.48 Å². The van der Waals surface area contributed by atoms with E-state index in [-0.39, 0.29) is 11.0 Å². The van der Waals surface area contributed by atoms with Crippen LogP contribution in [0.25, 0.3) is 0 Å². The normalized spacial score (nSPS) is 34.0. The Morgan fingerprint density at radius 2 is 1.53 bits per heavy atom. The van der Waals surface area contributed by atoms with E-state index in [2.05, 4.69) is 25.7 Å². The summed E-state index contributed by atoms with van der Waals surface area (Å²) < 4.78 is 33.6. The molecule has 0 saturated carbocycles. The van der Waals surface area contributed by atoms with E-state index in [0.29, 0.717) is 12.5 Å². The fourth-order valence-corrected chi connectivity index (χ4v) is 2.85. The molecule has 112 valence electrons. The molecule has 0 aromatic heterocycles. The van der Waals surface area contributed by atoms with Gasteiger partial charge in [-0.15, -0.1) is 0 Å².